The molecule has 12 heteroatoms. The van der Waals surface area contributed by atoms with Gasteiger partial charge >= 0.3 is 5.97 Å². The highest BCUT2D eigenvalue weighted by Crippen LogP contribution is 2.34. The molecule has 5 rings (SSSR count). The second-order valence-electron chi connectivity index (χ2n) is 9.36. The van der Waals surface area contributed by atoms with Crippen LogP contribution in [0.3, 0.4) is 0 Å². The average Bonchev–Trinajstić information content (AvgIpc) is 2.99. The fraction of sp³-hybridized carbons (Fsp3) is 0.129. The molecule has 2 aromatic carbocycles. The molecule has 10 nitrogen and oxygen atoms in total. The van der Waals surface area contributed by atoms with Crippen LogP contribution in [0.4, 0.5) is 8.78 Å². The largest absolute Gasteiger partial charge is 0.491 e. The lowest BCUT2D eigenvalue weighted by atomic mass is 9.97. The molecule has 0 unspecified atom stereocenters. The molecule has 1 N–H and O–H groups in total. The molecule has 43 heavy (non-hydrogen) atoms. The number of pyridine rings is 3. The van der Waals surface area contributed by atoms with Crippen LogP contribution in [0.15, 0.2) is 71.8 Å². The number of fused-ring (bicyclic) bond motifs is 1. The lowest BCUT2D eigenvalue weighted by molar-refractivity contribution is 0.0685. The minimum atomic E-state index is -1.40. The van der Waals surface area contributed by atoms with Gasteiger partial charge in [-0.2, -0.15) is 0 Å². The first-order chi connectivity index (χ1) is 20.6. The van der Waals surface area contributed by atoms with Crippen molar-refractivity contribution in [3.8, 4) is 34.3 Å². The molecule has 3 aromatic heterocycles. The van der Waals surface area contributed by atoms with E-state index in [1.54, 1.807) is 6.07 Å². The van der Waals surface area contributed by atoms with Crippen molar-refractivity contribution in [3.05, 3.63) is 106 Å². The Balaban J connectivity index is 1.45. The van der Waals surface area contributed by atoms with E-state index in [9.17, 15) is 23.9 Å². The summed E-state index contributed by atoms with van der Waals surface area (Å²) in [7, 11) is 4.26. The summed E-state index contributed by atoms with van der Waals surface area (Å²) in [5.41, 5.74) is -0.659. The summed E-state index contributed by atoms with van der Waals surface area (Å²) in [5, 5.41) is 9.73. The van der Waals surface area contributed by atoms with E-state index in [2.05, 4.69) is 9.97 Å². The highest BCUT2D eigenvalue weighted by molar-refractivity contribution is 6.01. The van der Waals surface area contributed by atoms with Gasteiger partial charge in [-0.25, -0.2) is 18.6 Å². The third-order valence-electron chi connectivity index (χ3n) is 6.62. The Morgan fingerprint density at radius 1 is 0.953 bits per heavy atom. The van der Waals surface area contributed by atoms with Crippen molar-refractivity contribution < 1.29 is 37.7 Å². The molecular weight excluding hydrogens is 564 g/mol. The Kier molecular flexibility index (Phi) is 7.84. The SMILES string of the molecule is COc1cc2nccc(Oc3ccc(CC(=O)c4cn(C)c(C(=O)O)c(-c5ccc(F)cc5)c4=O)cc3F)c2nc1OC. The van der Waals surface area contributed by atoms with Gasteiger partial charge in [-0.3, -0.25) is 14.6 Å². The fourth-order valence-electron chi connectivity index (χ4n) is 4.60. The molecule has 0 bridgehead atoms. The predicted octanol–water partition coefficient (Wildman–Crippen LogP) is 5.21. The monoisotopic (exact) mass is 587 g/mol. The van der Waals surface area contributed by atoms with Crippen molar-refractivity contribution in [2.75, 3.05) is 14.2 Å². The predicted molar refractivity (Wildman–Crippen MR) is 151 cm³/mol. The molecule has 0 aliphatic carbocycles. The Hall–Kier alpha value is -5.65. The first-order valence-corrected chi connectivity index (χ1v) is 12.7. The summed E-state index contributed by atoms with van der Waals surface area (Å²) >= 11 is 0. The average molecular weight is 588 g/mol. The summed E-state index contributed by atoms with van der Waals surface area (Å²) in [5.74, 6) is -2.83. The van der Waals surface area contributed by atoms with Crippen LogP contribution >= 0.6 is 0 Å². The number of carbonyl (C=O) groups is 2. The first-order valence-electron chi connectivity index (χ1n) is 12.7. The van der Waals surface area contributed by atoms with E-state index in [1.165, 1.54) is 57.8 Å². The van der Waals surface area contributed by atoms with Crippen LogP contribution in [0.5, 0.6) is 23.1 Å². The molecule has 0 aliphatic rings. The number of ether oxygens (including phenoxy) is 3. The number of aryl methyl sites for hydroxylation is 1. The zero-order valence-electron chi connectivity index (χ0n) is 23.1. The van der Waals surface area contributed by atoms with E-state index in [1.807, 2.05) is 0 Å². The standard InChI is InChI=1S/C31H23F2N3O7/c1-36-15-19(29(38)26(28(36)31(39)40)17-5-7-18(32)8-6-17)22(37)13-16-4-9-23(20(33)12-16)43-24-10-11-34-21-14-25(41-2)30(42-3)35-27(21)24/h4-12,14-15H,13H2,1-3H3,(H,39,40). The van der Waals surface area contributed by atoms with Gasteiger partial charge in [0.2, 0.25) is 5.43 Å². The highest BCUT2D eigenvalue weighted by atomic mass is 19.1. The summed E-state index contributed by atoms with van der Waals surface area (Å²) in [6.45, 7) is 0. The number of halogens is 2. The molecule has 0 saturated heterocycles. The van der Waals surface area contributed by atoms with Crippen molar-refractivity contribution >= 4 is 22.8 Å². The van der Waals surface area contributed by atoms with Crippen molar-refractivity contribution in [3.63, 3.8) is 0 Å². The summed E-state index contributed by atoms with van der Waals surface area (Å²) in [4.78, 5) is 47.2. The molecule has 0 saturated carbocycles. The molecule has 5 aromatic rings. The Labute approximate surface area is 242 Å². The summed E-state index contributed by atoms with van der Waals surface area (Å²) < 4.78 is 46.1. The Bertz CT molecular complexity index is 1960. The second kappa shape index (κ2) is 11.7. The maximum absolute atomic E-state index is 15.2. The second-order valence-corrected chi connectivity index (χ2v) is 9.36. The Morgan fingerprint density at radius 3 is 2.35 bits per heavy atom. The van der Waals surface area contributed by atoms with Gasteiger partial charge < -0.3 is 23.9 Å². The van der Waals surface area contributed by atoms with Gasteiger partial charge in [-0.15, -0.1) is 0 Å². The molecule has 3 heterocycles. The number of aromatic carboxylic acids is 1. The van der Waals surface area contributed by atoms with Gasteiger partial charge in [0.05, 0.1) is 30.9 Å². The number of Topliss-reactive ketones (excluding diaryl/α,β-unsaturated/α-hetero) is 1. The summed E-state index contributed by atoms with van der Waals surface area (Å²) in [6.07, 6.45) is 2.23. The van der Waals surface area contributed by atoms with Gasteiger partial charge in [0.15, 0.2) is 28.8 Å². The number of carboxylic acid groups (broad SMARTS) is 1. The number of aromatic nitrogens is 3. The van der Waals surface area contributed by atoms with Crippen molar-refractivity contribution in [1.82, 2.24) is 14.5 Å². The number of carbonyl (C=O) groups excluding carboxylic acids is 1. The van der Waals surface area contributed by atoms with E-state index < -0.39 is 28.8 Å². The number of hydrogen-bond acceptors (Lipinski definition) is 8. The smallest absolute Gasteiger partial charge is 0.353 e. The number of hydrogen-bond donors (Lipinski definition) is 1. The maximum atomic E-state index is 15.2. The van der Waals surface area contributed by atoms with Crippen molar-refractivity contribution in [2.45, 2.75) is 6.42 Å². The van der Waals surface area contributed by atoms with E-state index in [4.69, 9.17) is 14.2 Å². The quantitative estimate of drug-likeness (QED) is 0.231. The lowest BCUT2D eigenvalue weighted by Crippen LogP contribution is -2.25. The third kappa shape index (κ3) is 5.62. The molecule has 0 aliphatic heterocycles. The van der Waals surface area contributed by atoms with Crippen LogP contribution in [0.2, 0.25) is 0 Å². The van der Waals surface area contributed by atoms with Gasteiger partial charge in [0.1, 0.15) is 17.0 Å². The molecule has 218 valence electrons. The van der Waals surface area contributed by atoms with Crippen LogP contribution in [-0.2, 0) is 13.5 Å². The van der Waals surface area contributed by atoms with E-state index in [-0.39, 0.29) is 51.7 Å². The number of ketones is 1. The maximum Gasteiger partial charge on any atom is 0.353 e. The molecular formula is C31H23F2N3O7. The van der Waals surface area contributed by atoms with Gasteiger partial charge in [0.25, 0.3) is 5.88 Å². The highest BCUT2D eigenvalue weighted by Gasteiger charge is 2.24. The van der Waals surface area contributed by atoms with Crippen molar-refractivity contribution in [2.24, 2.45) is 7.05 Å². The number of benzene rings is 2. The normalized spacial score (nSPS) is 10.9. The topological polar surface area (TPSA) is 130 Å². The number of methoxy groups -OCH3 is 2. The lowest BCUT2D eigenvalue weighted by Gasteiger charge is -2.14. The van der Waals surface area contributed by atoms with E-state index in [0.29, 0.717) is 16.8 Å². The van der Waals surface area contributed by atoms with E-state index >= 15 is 4.39 Å². The van der Waals surface area contributed by atoms with Crippen LogP contribution in [-0.4, -0.2) is 45.6 Å². The summed E-state index contributed by atoms with van der Waals surface area (Å²) in [6, 6.07) is 11.7. The van der Waals surface area contributed by atoms with Crippen LogP contribution < -0.4 is 19.6 Å². The fourth-order valence-corrected chi connectivity index (χ4v) is 4.60. The van der Waals surface area contributed by atoms with Gasteiger partial charge in [0, 0.05) is 38.0 Å². The van der Waals surface area contributed by atoms with Gasteiger partial charge in [-0.05, 0) is 35.4 Å². The van der Waals surface area contributed by atoms with Crippen LogP contribution in [0, 0.1) is 11.6 Å². The number of carboxylic acids is 1. The van der Waals surface area contributed by atoms with Crippen LogP contribution in [0.25, 0.3) is 22.2 Å². The Morgan fingerprint density at radius 2 is 1.70 bits per heavy atom. The molecule has 0 amide bonds. The van der Waals surface area contributed by atoms with Crippen molar-refractivity contribution in [1.29, 1.82) is 0 Å². The van der Waals surface area contributed by atoms with Crippen LogP contribution in [0.1, 0.15) is 26.4 Å². The molecule has 0 atom stereocenters. The minimum Gasteiger partial charge on any atom is -0.491 e. The molecule has 0 radical (unpaired) electrons. The number of rotatable bonds is 9. The number of nitrogens with zero attached hydrogens (tertiary/aromatic N) is 3. The molecule has 0 spiro atoms. The molecule has 0 fully saturated rings. The van der Waals surface area contributed by atoms with E-state index in [0.717, 1.165) is 29.0 Å². The minimum absolute atomic E-state index is 0.135. The van der Waals surface area contributed by atoms with Gasteiger partial charge in [-0.1, -0.05) is 18.2 Å². The zero-order chi connectivity index (χ0) is 30.8. The zero-order valence-corrected chi connectivity index (χ0v) is 23.1. The third-order valence-corrected chi connectivity index (χ3v) is 6.62. The first kappa shape index (κ1) is 28.9.